The van der Waals surface area contributed by atoms with Gasteiger partial charge in [0.05, 0.1) is 0 Å². The number of para-hydroxylation sites is 1. The summed E-state index contributed by atoms with van der Waals surface area (Å²) in [5.74, 6) is 0. The zero-order valence-corrected chi connectivity index (χ0v) is 11.2. The van der Waals surface area contributed by atoms with Crippen LogP contribution in [0.1, 0.15) is 12.5 Å². The van der Waals surface area contributed by atoms with Crippen LogP contribution in [0.15, 0.2) is 67.2 Å². The first-order chi connectivity index (χ1) is 8.77. The molecule has 1 nitrogen and oxygen atoms in total. The molecule has 0 aliphatic heterocycles. The van der Waals surface area contributed by atoms with Crippen molar-refractivity contribution in [3.05, 3.63) is 72.8 Å². The van der Waals surface area contributed by atoms with Gasteiger partial charge in [0.25, 0.3) is 0 Å². The Morgan fingerprint density at radius 1 is 0.944 bits per heavy atom. The Balaban J connectivity index is 0.000000184. The predicted molar refractivity (Wildman–Crippen MR) is 81.9 cm³/mol. The third-order valence-corrected chi connectivity index (χ3v) is 2.71. The maximum atomic E-state index is 3.63. The summed E-state index contributed by atoms with van der Waals surface area (Å²) in [7, 11) is 2.09. The van der Waals surface area contributed by atoms with Crippen LogP contribution in [0.25, 0.3) is 6.08 Å². The Hall–Kier alpha value is -2.02. The van der Waals surface area contributed by atoms with Crippen molar-refractivity contribution in [3.63, 3.8) is 0 Å². The van der Waals surface area contributed by atoms with Crippen molar-refractivity contribution in [2.45, 2.75) is 6.92 Å². The average molecular weight is 239 g/mol. The Morgan fingerprint density at radius 2 is 1.44 bits per heavy atom. The largest absolute Gasteiger partial charge is 0.375 e. The van der Waals surface area contributed by atoms with Crippen LogP contribution in [0.5, 0.6) is 0 Å². The van der Waals surface area contributed by atoms with E-state index in [2.05, 4.69) is 49.7 Å². The Kier molecular flexibility index (Phi) is 6.34. The molecule has 0 N–H and O–H groups in total. The molecule has 0 atom stereocenters. The number of rotatable bonds is 3. The Morgan fingerprint density at radius 3 is 1.83 bits per heavy atom. The lowest BCUT2D eigenvalue weighted by Crippen LogP contribution is -2.15. The molecule has 18 heavy (non-hydrogen) atoms. The van der Waals surface area contributed by atoms with Crippen LogP contribution in [-0.2, 0) is 0 Å². The van der Waals surface area contributed by atoms with E-state index in [1.54, 1.807) is 0 Å². The molecule has 0 heterocycles. The second kappa shape index (κ2) is 8.13. The monoisotopic (exact) mass is 239 g/mol. The fourth-order valence-electron chi connectivity index (χ4n) is 1.45. The van der Waals surface area contributed by atoms with Gasteiger partial charge in [0.2, 0.25) is 0 Å². The molecule has 2 aromatic rings. The van der Waals surface area contributed by atoms with Crippen molar-refractivity contribution in [2.24, 2.45) is 0 Å². The number of hydrogen-bond donors (Lipinski definition) is 0. The summed E-state index contributed by atoms with van der Waals surface area (Å²) in [4.78, 5) is 2.21. The van der Waals surface area contributed by atoms with E-state index in [1.165, 1.54) is 11.3 Å². The van der Waals surface area contributed by atoms with E-state index >= 15 is 0 Å². The first kappa shape index (κ1) is 14.0. The molecule has 0 amide bonds. The van der Waals surface area contributed by atoms with Gasteiger partial charge in [-0.3, -0.25) is 0 Å². The summed E-state index contributed by atoms with van der Waals surface area (Å²) in [6.07, 6.45) is 1.83. The molecular formula is C17H21N. The van der Waals surface area contributed by atoms with Crippen molar-refractivity contribution < 1.29 is 0 Å². The van der Waals surface area contributed by atoms with Gasteiger partial charge in [-0.25, -0.2) is 0 Å². The zero-order valence-electron chi connectivity index (χ0n) is 11.2. The molecule has 0 aliphatic carbocycles. The quantitative estimate of drug-likeness (QED) is 0.763. The first-order valence-corrected chi connectivity index (χ1v) is 6.21. The smallest absolute Gasteiger partial charge is 0.0363 e. The molecule has 0 aromatic heterocycles. The van der Waals surface area contributed by atoms with Crippen molar-refractivity contribution >= 4 is 11.8 Å². The maximum Gasteiger partial charge on any atom is 0.0363 e. The summed E-state index contributed by atoms with van der Waals surface area (Å²) < 4.78 is 0. The van der Waals surface area contributed by atoms with Crippen molar-refractivity contribution in [2.75, 3.05) is 18.5 Å². The molecule has 1 heteroatoms. The van der Waals surface area contributed by atoms with E-state index in [4.69, 9.17) is 0 Å². The van der Waals surface area contributed by atoms with Crippen LogP contribution >= 0.6 is 0 Å². The third kappa shape index (κ3) is 4.88. The van der Waals surface area contributed by atoms with Crippen LogP contribution in [0.3, 0.4) is 0 Å². The lowest BCUT2D eigenvalue weighted by Gasteiger charge is -2.15. The van der Waals surface area contributed by atoms with Gasteiger partial charge in [-0.1, -0.05) is 61.2 Å². The van der Waals surface area contributed by atoms with E-state index in [0.29, 0.717) is 0 Å². The highest BCUT2D eigenvalue weighted by molar-refractivity contribution is 5.46. The minimum Gasteiger partial charge on any atom is -0.375 e. The summed E-state index contributed by atoms with van der Waals surface area (Å²) >= 11 is 0. The second-order valence-corrected chi connectivity index (χ2v) is 3.96. The summed E-state index contributed by atoms with van der Waals surface area (Å²) in [5.41, 5.74) is 2.46. The third-order valence-electron chi connectivity index (χ3n) is 2.71. The lowest BCUT2D eigenvalue weighted by molar-refractivity contribution is 0.968. The lowest BCUT2D eigenvalue weighted by atomic mass is 10.2. The summed E-state index contributed by atoms with van der Waals surface area (Å²) in [6.45, 7) is 6.84. The van der Waals surface area contributed by atoms with Crippen LogP contribution in [-0.4, -0.2) is 13.6 Å². The molecule has 0 bridgehead atoms. The first-order valence-electron chi connectivity index (χ1n) is 6.21. The van der Waals surface area contributed by atoms with Crippen molar-refractivity contribution in [1.82, 2.24) is 0 Å². The molecule has 0 fully saturated rings. The number of benzene rings is 2. The van der Waals surface area contributed by atoms with Gasteiger partial charge in [-0.15, -0.1) is 0 Å². The van der Waals surface area contributed by atoms with Gasteiger partial charge >= 0.3 is 0 Å². The summed E-state index contributed by atoms with van der Waals surface area (Å²) in [6, 6.07) is 20.4. The van der Waals surface area contributed by atoms with Gasteiger partial charge in [0.1, 0.15) is 0 Å². The van der Waals surface area contributed by atoms with E-state index < -0.39 is 0 Å². The van der Waals surface area contributed by atoms with E-state index in [-0.39, 0.29) is 0 Å². The predicted octanol–water partition coefficient (Wildman–Crippen LogP) is 4.47. The van der Waals surface area contributed by atoms with Crippen LogP contribution in [0.4, 0.5) is 5.69 Å². The normalized spacial score (nSPS) is 9.00. The standard InChI is InChI=1S/C9H13N.C8H8/c1-3-10(2)9-7-5-4-6-8-9;1-2-8-6-4-3-5-7-8/h4-8H,3H2,1-2H3;2-7H,1H2. The molecule has 2 rings (SSSR count). The minimum atomic E-state index is 1.06. The molecule has 0 spiro atoms. The van der Waals surface area contributed by atoms with Gasteiger partial charge in [0.15, 0.2) is 0 Å². The van der Waals surface area contributed by atoms with Gasteiger partial charge in [-0.05, 0) is 24.6 Å². The molecule has 0 unspecified atom stereocenters. The molecule has 2 aromatic carbocycles. The zero-order chi connectivity index (χ0) is 13.2. The highest BCUT2D eigenvalue weighted by atomic mass is 15.1. The molecule has 0 saturated carbocycles. The van der Waals surface area contributed by atoms with Crippen LogP contribution < -0.4 is 4.90 Å². The maximum absolute atomic E-state index is 3.63. The molecule has 0 aliphatic rings. The average Bonchev–Trinajstić information content (AvgIpc) is 2.49. The topological polar surface area (TPSA) is 3.24 Å². The highest BCUT2D eigenvalue weighted by Gasteiger charge is 1.92. The van der Waals surface area contributed by atoms with Crippen LogP contribution in [0.2, 0.25) is 0 Å². The van der Waals surface area contributed by atoms with E-state index in [9.17, 15) is 0 Å². The van der Waals surface area contributed by atoms with Crippen LogP contribution in [0, 0.1) is 0 Å². The van der Waals surface area contributed by atoms with Gasteiger partial charge in [0, 0.05) is 19.3 Å². The highest BCUT2D eigenvalue weighted by Crippen LogP contribution is 2.09. The molecule has 94 valence electrons. The SMILES string of the molecule is C=Cc1ccccc1.CCN(C)c1ccccc1. The van der Waals surface area contributed by atoms with E-state index in [0.717, 1.165) is 6.54 Å². The summed E-state index contributed by atoms with van der Waals surface area (Å²) in [5, 5.41) is 0. The number of nitrogens with zero attached hydrogens (tertiary/aromatic N) is 1. The second-order valence-electron chi connectivity index (χ2n) is 3.96. The van der Waals surface area contributed by atoms with Crippen molar-refractivity contribution in [3.8, 4) is 0 Å². The fraction of sp³-hybridized carbons (Fsp3) is 0.176. The van der Waals surface area contributed by atoms with Crippen molar-refractivity contribution in [1.29, 1.82) is 0 Å². The molecule has 0 saturated heterocycles. The minimum absolute atomic E-state index is 1.06. The van der Waals surface area contributed by atoms with Gasteiger partial charge < -0.3 is 4.90 Å². The Labute approximate surface area is 110 Å². The number of anilines is 1. The van der Waals surface area contributed by atoms with E-state index in [1.807, 2.05) is 42.5 Å². The fourth-order valence-corrected chi connectivity index (χ4v) is 1.45. The van der Waals surface area contributed by atoms with Gasteiger partial charge in [-0.2, -0.15) is 0 Å². The number of hydrogen-bond acceptors (Lipinski definition) is 1. The molecule has 0 radical (unpaired) electrons. The Bertz CT molecular complexity index is 434. The molecular weight excluding hydrogens is 218 g/mol.